The Balaban J connectivity index is 1.62. The molecule has 2 amide bonds. The molecule has 1 saturated heterocycles. The van der Waals surface area contributed by atoms with Gasteiger partial charge in [0, 0.05) is 31.5 Å². The molecular weight excluding hydrogens is 232 g/mol. The van der Waals surface area contributed by atoms with E-state index in [1.165, 1.54) is 32.1 Å². The maximum Gasteiger partial charge on any atom is 0.317 e. The minimum absolute atomic E-state index is 0.0309. The summed E-state index contributed by atoms with van der Waals surface area (Å²) in [4.78, 5) is 23.9. The quantitative estimate of drug-likeness (QED) is 0.752. The monoisotopic (exact) mass is 254 g/mol. The number of hydrogen-bond acceptors (Lipinski definition) is 2. The van der Waals surface area contributed by atoms with Gasteiger partial charge in [0.25, 0.3) is 0 Å². The normalized spacial score (nSPS) is 21.4. The summed E-state index contributed by atoms with van der Waals surface area (Å²) in [5, 5.41) is 11.3. The minimum atomic E-state index is -0.811. The summed E-state index contributed by atoms with van der Waals surface area (Å²) in [7, 11) is 0. The summed E-state index contributed by atoms with van der Waals surface area (Å²) in [6.07, 6.45) is 7.07. The van der Waals surface area contributed by atoms with Crippen LogP contribution >= 0.6 is 0 Å². The number of urea groups is 1. The van der Waals surface area contributed by atoms with Crippen LogP contribution in [0.5, 0.6) is 0 Å². The van der Waals surface area contributed by atoms with Gasteiger partial charge in [-0.05, 0) is 19.3 Å². The van der Waals surface area contributed by atoms with E-state index in [1.54, 1.807) is 0 Å². The molecule has 0 radical (unpaired) electrons. The molecule has 1 heterocycles. The number of nitrogens with one attached hydrogen (secondary N) is 1. The first-order chi connectivity index (χ1) is 8.61. The number of carboxylic acid groups (broad SMARTS) is 1. The molecule has 1 aliphatic carbocycles. The van der Waals surface area contributed by atoms with Gasteiger partial charge in [-0.1, -0.05) is 19.3 Å². The summed E-state index contributed by atoms with van der Waals surface area (Å²) >= 11 is 0. The van der Waals surface area contributed by atoms with Crippen molar-refractivity contribution >= 4 is 12.0 Å². The highest BCUT2D eigenvalue weighted by atomic mass is 16.4. The molecule has 2 rings (SSSR count). The molecule has 0 unspecified atom stereocenters. The lowest BCUT2D eigenvalue weighted by Gasteiger charge is -2.52. The van der Waals surface area contributed by atoms with E-state index in [0.717, 1.165) is 13.1 Å². The maximum atomic E-state index is 11.8. The van der Waals surface area contributed by atoms with Gasteiger partial charge in [0.15, 0.2) is 0 Å². The van der Waals surface area contributed by atoms with Gasteiger partial charge in [-0.15, -0.1) is 0 Å². The van der Waals surface area contributed by atoms with Crippen molar-refractivity contribution in [3.05, 3.63) is 0 Å². The van der Waals surface area contributed by atoms with Gasteiger partial charge in [0.2, 0.25) is 0 Å². The molecule has 1 aliphatic heterocycles. The molecule has 2 fully saturated rings. The van der Waals surface area contributed by atoms with E-state index in [2.05, 4.69) is 5.32 Å². The number of carbonyl (C=O) groups is 2. The molecule has 1 spiro atoms. The van der Waals surface area contributed by atoms with Crippen LogP contribution in [0.25, 0.3) is 0 Å². The highest BCUT2D eigenvalue weighted by Crippen LogP contribution is 2.43. The standard InChI is InChI=1S/C13H22N2O3/c16-11(17)5-4-8-14-12(18)15-9-13(10-15)6-2-1-3-7-13/h1-10H2,(H,14,18)(H,16,17). The Morgan fingerprint density at radius 1 is 1.17 bits per heavy atom. The summed E-state index contributed by atoms with van der Waals surface area (Å²) in [5.41, 5.74) is 0.413. The third kappa shape index (κ3) is 3.15. The molecular formula is C13H22N2O3. The molecule has 0 aromatic rings. The van der Waals surface area contributed by atoms with Crippen LogP contribution in [-0.2, 0) is 4.79 Å². The zero-order chi connectivity index (χ0) is 13.0. The third-order valence-corrected chi connectivity index (χ3v) is 4.10. The predicted octanol–water partition coefficient (Wildman–Crippen LogP) is 1.83. The van der Waals surface area contributed by atoms with Crippen molar-refractivity contribution in [2.45, 2.75) is 44.9 Å². The number of rotatable bonds is 4. The van der Waals surface area contributed by atoms with Crippen molar-refractivity contribution in [2.75, 3.05) is 19.6 Å². The zero-order valence-electron chi connectivity index (χ0n) is 10.8. The number of amides is 2. The Bertz CT molecular complexity index is 316. The third-order valence-electron chi connectivity index (χ3n) is 4.10. The van der Waals surface area contributed by atoms with Crippen molar-refractivity contribution in [3.8, 4) is 0 Å². The fourth-order valence-electron chi connectivity index (χ4n) is 3.07. The van der Waals surface area contributed by atoms with Crippen LogP contribution in [0.1, 0.15) is 44.9 Å². The van der Waals surface area contributed by atoms with Crippen LogP contribution < -0.4 is 5.32 Å². The first-order valence-corrected chi connectivity index (χ1v) is 6.86. The maximum absolute atomic E-state index is 11.8. The predicted molar refractivity (Wildman–Crippen MR) is 67.4 cm³/mol. The average molecular weight is 254 g/mol. The lowest BCUT2D eigenvalue weighted by atomic mass is 9.69. The van der Waals surface area contributed by atoms with Gasteiger partial charge in [-0.25, -0.2) is 4.79 Å². The van der Waals surface area contributed by atoms with Crippen LogP contribution in [-0.4, -0.2) is 41.6 Å². The van der Waals surface area contributed by atoms with Crippen LogP contribution in [0.3, 0.4) is 0 Å². The molecule has 0 aromatic carbocycles. The van der Waals surface area contributed by atoms with Gasteiger partial charge in [-0.2, -0.15) is 0 Å². The molecule has 2 N–H and O–H groups in total. The zero-order valence-corrected chi connectivity index (χ0v) is 10.8. The van der Waals surface area contributed by atoms with Crippen molar-refractivity contribution < 1.29 is 14.7 Å². The molecule has 2 aliphatic rings. The minimum Gasteiger partial charge on any atom is -0.481 e. The second kappa shape index (κ2) is 5.59. The Morgan fingerprint density at radius 3 is 2.44 bits per heavy atom. The van der Waals surface area contributed by atoms with Gasteiger partial charge < -0.3 is 15.3 Å². The molecule has 5 heteroatoms. The van der Waals surface area contributed by atoms with Gasteiger partial charge in [0.1, 0.15) is 0 Å². The van der Waals surface area contributed by atoms with Crippen LogP contribution in [0, 0.1) is 5.41 Å². The number of carboxylic acids is 1. The fraction of sp³-hybridized carbons (Fsp3) is 0.846. The van der Waals surface area contributed by atoms with E-state index >= 15 is 0 Å². The van der Waals surface area contributed by atoms with Crippen molar-refractivity contribution in [1.29, 1.82) is 0 Å². The van der Waals surface area contributed by atoms with Crippen LogP contribution in [0.15, 0.2) is 0 Å². The van der Waals surface area contributed by atoms with E-state index in [4.69, 9.17) is 5.11 Å². The molecule has 0 atom stereocenters. The van der Waals surface area contributed by atoms with Crippen molar-refractivity contribution in [3.63, 3.8) is 0 Å². The van der Waals surface area contributed by atoms with Crippen molar-refractivity contribution in [2.24, 2.45) is 5.41 Å². The highest BCUT2D eigenvalue weighted by molar-refractivity contribution is 5.75. The Hall–Kier alpha value is -1.26. The van der Waals surface area contributed by atoms with Gasteiger partial charge >= 0.3 is 12.0 Å². The molecule has 5 nitrogen and oxygen atoms in total. The largest absolute Gasteiger partial charge is 0.481 e. The second-order valence-electron chi connectivity index (χ2n) is 5.65. The smallest absolute Gasteiger partial charge is 0.317 e. The Kier molecular flexibility index (Phi) is 4.09. The second-order valence-corrected chi connectivity index (χ2v) is 5.65. The first-order valence-electron chi connectivity index (χ1n) is 6.86. The number of nitrogens with zero attached hydrogens (tertiary/aromatic N) is 1. The Labute approximate surface area is 108 Å². The average Bonchev–Trinajstić information content (AvgIpc) is 2.32. The fourth-order valence-corrected chi connectivity index (χ4v) is 3.07. The van der Waals surface area contributed by atoms with E-state index in [1.807, 2.05) is 4.90 Å². The lowest BCUT2D eigenvalue weighted by molar-refractivity contribution is -0.137. The van der Waals surface area contributed by atoms with E-state index < -0.39 is 5.97 Å². The van der Waals surface area contributed by atoms with Crippen LogP contribution in [0.4, 0.5) is 4.79 Å². The number of hydrogen-bond donors (Lipinski definition) is 2. The van der Waals surface area contributed by atoms with E-state index in [9.17, 15) is 9.59 Å². The first kappa shape index (κ1) is 13.2. The van der Waals surface area contributed by atoms with Crippen molar-refractivity contribution in [1.82, 2.24) is 10.2 Å². The lowest BCUT2D eigenvalue weighted by Crippen LogP contribution is -2.61. The SMILES string of the molecule is O=C(O)CCCNC(=O)N1CC2(CCCCC2)C1. The summed E-state index contributed by atoms with van der Waals surface area (Å²) < 4.78 is 0. The van der Waals surface area contributed by atoms with Crippen LogP contribution in [0.2, 0.25) is 0 Å². The summed E-state index contributed by atoms with van der Waals surface area (Å²) in [6, 6.07) is -0.0309. The topological polar surface area (TPSA) is 69.6 Å². The molecule has 1 saturated carbocycles. The number of aliphatic carboxylic acids is 1. The number of carbonyl (C=O) groups excluding carboxylic acids is 1. The summed E-state index contributed by atoms with van der Waals surface area (Å²) in [6.45, 7) is 2.23. The van der Waals surface area contributed by atoms with E-state index in [-0.39, 0.29) is 12.5 Å². The highest BCUT2D eigenvalue weighted by Gasteiger charge is 2.45. The van der Waals surface area contributed by atoms with Gasteiger partial charge in [-0.3, -0.25) is 4.79 Å². The molecule has 0 aromatic heterocycles. The Morgan fingerprint density at radius 2 is 1.83 bits per heavy atom. The molecule has 18 heavy (non-hydrogen) atoms. The summed E-state index contributed by atoms with van der Waals surface area (Å²) in [5.74, 6) is -0.811. The van der Waals surface area contributed by atoms with E-state index in [0.29, 0.717) is 18.4 Å². The van der Waals surface area contributed by atoms with Gasteiger partial charge in [0.05, 0.1) is 0 Å². The molecule has 102 valence electrons. The number of likely N-dealkylation sites (tertiary alicyclic amines) is 1. The molecule has 0 bridgehead atoms.